The molecule has 7 nitrogen and oxygen atoms in total. The molecule has 2 aromatic heterocycles. The van der Waals surface area contributed by atoms with Crippen molar-refractivity contribution in [2.45, 2.75) is 64.7 Å². The van der Waals surface area contributed by atoms with Crippen LogP contribution in [0.1, 0.15) is 66.5 Å². The highest BCUT2D eigenvalue weighted by Crippen LogP contribution is 2.37. The fourth-order valence-electron chi connectivity index (χ4n) is 3.96. The van der Waals surface area contributed by atoms with Gasteiger partial charge in [-0.25, -0.2) is 4.98 Å². The van der Waals surface area contributed by atoms with E-state index in [2.05, 4.69) is 55.8 Å². The fourth-order valence-corrected chi connectivity index (χ4v) is 4.91. The number of nitrogens with zero attached hydrogens (tertiary/aromatic N) is 4. The van der Waals surface area contributed by atoms with E-state index in [1.165, 1.54) is 23.2 Å². The number of aromatic nitrogens is 3. The maximum Gasteiger partial charge on any atom is 0.416 e. The summed E-state index contributed by atoms with van der Waals surface area (Å²) < 4.78 is 47.0. The SMILES string of the molecule is C[C@H]1CN(c2ccc(C(F)(F)F)cc2)C(=O)c2c(C#Cc3cnc(N)cc3CO[Si](C)(C)C(C)(C)C)cnn21.S. The summed E-state index contributed by atoms with van der Waals surface area (Å²) >= 11 is 0. The molecule has 1 amide bonds. The largest absolute Gasteiger partial charge is 0.416 e. The average Bonchev–Trinajstić information content (AvgIpc) is 3.28. The molecule has 0 bridgehead atoms. The molecule has 1 aliphatic heterocycles. The zero-order valence-electron chi connectivity index (χ0n) is 23.3. The first-order valence-electron chi connectivity index (χ1n) is 12.6. The van der Waals surface area contributed by atoms with Crippen molar-refractivity contribution in [3.8, 4) is 11.8 Å². The second-order valence-corrected chi connectivity index (χ2v) is 16.0. The summed E-state index contributed by atoms with van der Waals surface area (Å²) in [6.07, 6.45) is -1.34. The van der Waals surface area contributed by atoms with Gasteiger partial charge in [0.2, 0.25) is 0 Å². The lowest BCUT2D eigenvalue weighted by molar-refractivity contribution is -0.137. The van der Waals surface area contributed by atoms with Gasteiger partial charge < -0.3 is 15.1 Å². The molecule has 3 aromatic rings. The summed E-state index contributed by atoms with van der Waals surface area (Å²) in [5, 5.41) is 4.40. The van der Waals surface area contributed by atoms with E-state index in [0.717, 1.165) is 17.7 Å². The number of nitrogens with two attached hydrogens (primary N) is 1. The van der Waals surface area contributed by atoms with Crippen LogP contribution in [0.3, 0.4) is 0 Å². The van der Waals surface area contributed by atoms with Gasteiger partial charge >= 0.3 is 6.18 Å². The zero-order chi connectivity index (χ0) is 28.8. The van der Waals surface area contributed by atoms with Crippen molar-refractivity contribution in [3.05, 3.63) is 70.7 Å². The summed E-state index contributed by atoms with van der Waals surface area (Å²) in [6, 6.07) is 6.09. The van der Waals surface area contributed by atoms with Gasteiger partial charge in [0.05, 0.1) is 30.0 Å². The lowest BCUT2D eigenvalue weighted by atomic mass is 10.1. The van der Waals surface area contributed by atoms with Crippen molar-refractivity contribution in [1.82, 2.24) is 14.8 Å². The number of hydrogen-bond donors (Lipinski definition) is 1. The number of alkyl halides is 3. The van der Waals surface area contributed by atoms with Crippen LogP contribution in [0.4, 0.5) is 24.7 Å². The van der Waals surface area contributed by atoms with Gasteiger partial charge in [0, 0.05) is 24.0 Å². The van der Waals surface area contributed by atoms with Crippen LogP contribution in [0.5, 0.6) is 0 Å². The third kappa shape index (κ3) is 6.37. The fraction of sp³-hybridized carbons (Fsp3) is 0.393. The number of fused-ring (bicyclic) bond motifs is 1. The molecule has 0 unspecified atom stereocenters. The van der Waals surface area contributed by atoms with E-state index in [9.17, 15) is 18.0 Å². The summed E-state index contributed by atoms with van der Waals surface area (Å²) in [4.78, 5) is 19.1. The molecule has 0 radical (unpaired) electrons. The standard InChI is InChI=1S/C28H32F3N5O2Si.H2S/c1-18-16-35(23-11-9-22(10-12-23)28(29,30)31)26(37)25-20(15-34-36(18)25)8-7-19-14-33-24(32)13-21(19)17-38-39(5,6)27(2,3)4;/h9-15,18H,16-17H2,1-6H3,(H2,32,33);1H2/t18-;/m0./s1. The first kappa shape index (κ1) is 31.3. The van der Waals surface area contributed by atoms with Crippen molar-refractivity contribution in [3.63, 3.8) is 0 Å². The molecule has 1 atom stereocenters. The Kier molecular flexibility index (Phi) is 8.84. The Morgan fingerprint density at radius 2 is 1.73 bits per heavy atom. The number of hydrogen-bond acceptors (Lipinski definition) is 5. The predicted octanol–water partition coefficient (Wildman–Crippen LogP) is 6.13. The normalized spacial score (nSPS) is 15.7. The number of benzene rings is 1. The minimum Gasteiger partial charge on any atom is -0.413 e. The summed E-state index contributed by atoms with van der Waals surface area (Å²) in [5.41, 5.74) is 7.66. The second kappa shape index (κ2) is 11.3. The molecule has 40 heavy (non-hydrogen) atoms. The average molecular weight is 590 g/mol. The van der Waals surface area contributed by atoms with Gasteiger partial charge in [0.25, 0.3) is 5.91 Å². The molecule has 4 rings (SSSR count). The van der Waals surface area contributed by atoms with Gasteiger partial charge in [-0.1, -0.05) is 32.6 Å². The Balaban J connectivity index is 0.00000441. The maximum atomic E-state index is 13.5. The van der Waals surface area contributed by atoms with Gasteiger partial charge in [-0.15, -0.1) is 0 Å². The molecule has 0 saturated heterocycles. The number of anilines is 2. The zero-order valence-corrected chi connectivity index (χ0v) is 25.3. The number of rotatable bonds is 4. The highest BCUT2D eigenvalue weighted by molar-refractivity contribution is 7.59. The van der Waals surface area contributed by atoms with Crippen LogP contribution >= 0.6 is 13.5 Å². The van der Waals surface area contributed by atoms with Gasteiger partial charge in [-0.3, -0.25) is 9.48 Å². The molecule has 3 heterocycles. The van der Waals surface area contributed by atoms with E-state index in [0.29, 0.717) is 29.2 Å². The summed E-state index contributed by atoms with van der Waals surface area (Å²) in [7, 11) is -2.03. The summed E-state index contributed by atoms with van der Waals surface area (Å²) in [6.45, 7) is 13.3. The molecule has 1 aromatic carbocycles. The van der Waals surface area contributed by atoms with Crippen LogP contribution in [-0.4, -0.2) is 35.5 Å². The molecule has 1 aliphatic rings. The van der Waals surface area contributed by atoms with Gasteiger partial charge in [0.15, 0.2) is 8.32 Å². The summed E-state index contributed by atoms with van der Waals surface area (Å²) in [5.74, 6) is 6.13. The quantitative estimate of drug-likeness (QED) is 0.292. The highest BCUT2D eigenvalue weighted by Gasteiger charge is 2.37. The Morgan fingerprint density at radius 3 is 2.33 bits per heavy atom. The van der Waals surface area contributed by atoms with Crippen molar-refractivity contribution in [2.24, 2.45) is 0 Å². The van der Waals surface area contributed by atoms with E-state index in [1.54, 1.807) is 16.9 Å². The highest BCUT2D eigenvalue weighted by atomic mass is 32.1. The molecule has 0 spiro atoms. The Labute approximate surface area is 240 Å². The van der Waals surface area contributed by atoms with Crippen molar-refractivity contribution in [2.75, 3.05) is 17.2 Å². The minimum atomic E-state index is -4.45. The van der Waals surface area contributed by atoms with Crippen LogP contribution < -0.4 is 10.6 Å². The van der Waals surface area contributed by atoms with Crippen molar-refractivity contribution in [1.29, 1.82) is 0 Å². The van der Waals surface area contributed by atoms with Gasteiger partial charge in [-0.2, -0.15) is 31.8 Å². The lowest BCUT2D eigenvalue weighted by Gasteiger charge is -2.36. The predicted molar refractivity (Wildman–Crippen MR) is 157 cm³/mol. The Hall–Kier alpha value is -3.27. The van der Waals surface area contributed by atoms with Gasteiger partial charge in [-0.05, 0) is 61.0 Å². The smallest absolute Gasteiger partial charge is 0.413 e. The van der Waals surface area contributed by atoms with Crippen LogP contribution in [0.2, 0.25) is 18.1 Å². The Morgan fingerprint density at radius 1 is 1.10 bits per heavy atom. The number of carbonyl (C=O) groups is 1. The first-order valence-corrected chi connectivity index (χ1v) is 15.5. The number of carbonyl (C=O) groups excluding carboxylic acids is 1. The molecule has 214 valence electrons. The molecule has 2 N–H and O–H groups in total. The monoisotopic (exact) mass is 589 g/mol. The molecular formula is C28H34F3N5O2SSi. The maximum absolute atomic E-state index is 13.5. The second-order valence-electron chi connectivity index (χ2n) is 11.2. The Bertz CT molecular complexity index is 1450. The molecule has 0 fully saturated rings. The number of halogens is 3. The molecule has 0 saturated carbocycles. The third-order valence-corrected chi connectivity index (χ3v) is 11.8. The van der Waals surface area contributed by atoms with E-state index in [4.69, 9.17) is 10.2 Å². The number of pyridine rings is 1. The first-order chi connectivity index (χ1) is 18.1. The van der Waals surface area contributed by atoms with Crippen molar-refractivity contribution >= 4 is 39.2 Å². The minimum absolute atomic E-state index is 0. The van der Waals surface area contributed by atoms with E-state index < -0.39 is 20.1 Å². The van der Waals surface area contributed by atoms with Gasteiger partial charge in [0.1, 0.15) is 11.5 Å². The lowest BCUT2D eigenvalue weighted by Crippen LogP contribution is -2.43. The van der Waals surface area contributed by atoms with Crippen molar-refractivity contribution < 1.29 is 22.4 Å². The number of nitrogen functional groups attached to an aromatic ring is 1. The van der Waals surface area contributed by atoms with Crippen LogP contribution in [0, 0.1) is 11.8 Å². The topological polar surface area (TPSA) is 86.3 Å². The molecular weight excluding hydrogens is 555 g/mol. The third-order valence-electron chi connectivity index (χ3n) is 7.35. The van der Waals surface area contributed by atoms with Crippen LogP contribution in [-0.2, 0) is 17.2 Å². The van der Waals surface area contributed by atoms with E-state index in [-0.39, 0.29) is 42.7 Å². The van der Waals surface area contributed by atoms with E-state index >= 15 is 0 Å². The number of amides is 1. The molecule has 12 heteroatoms. The molecule has 0 aliphatic carbocycles. The van der Waals surface area contributed by atoms with Crippen LogP contribution in [0.15, 0.2) is 42.7 Å². The van der Waals surface area contributed by atoms with Crippen LogP contribution in [0.25, 0.3) is 0 Å². The van der Waals surface area contributed by atoms with E-state index in [1.807, 2.05) is 6.92 Å².